The van der Waals surface area contributed by atoms with Gasteiger partial charge in [-0.15, -0.1) is 0 Å². The fraction of sp³-hybridized carbons (Fsp3) is 0. The minimum Gasteiger partial charge on any atom is -0.300 e. The van der Waals surface area contributed by atoms with Gasteiger partial charge >= 0.3 is 0 Å². The first-order valence-electron chi connectivity index (χ1n) is 4.31. The average molecular weight is 202 g/mol. The van der Waals surface area contributed by atoms with Gasteiger partial charge in [0.05, 0.1) is 6.08 Å². The molecule has 2 aromatic rings. The molecule has 0 unspecified atom stereocenters. The zero-order valence-corrected chi connectivity index (χ0v) is 7.72. The van der Waals surface area contributed by atoms with Gasteiger partial charge < -0.3 is 0 Å². The van der Waals surface area contributed by atoms with E-state index >= 15 is 0 Å². The molecule has 0 N–H and O–H groups in total. The molecule has 0 atom stereocenters. The van der Waals surface area contributed by atoms with E-state index in [0.717, 1.165) is 5.69 Å². The number of carbonyl (C=O) groups excluding carboxylic acids is 1. The Bertz CT molecular complexity index is 510. The van der Waals surface area contributed by atoms with Gasteiger partial charge in [-0.3, -0.25) is 4.57 Å². The van der Waals surface area contributed by atoms with Crippen LogP contribution in [0.4, 0.5) is 4.39 Å². The molecule has 74 valence electrons. The Kier molecular flexibility index (Phi) is 2.44. The van der Waals surface area contributed by atoms with E-state index in [1.807, 2.05) is 0 Å². The minimum atomic E-state index is -0.300. The molecule has 0 saturated carbocycles. The predicted octanol–water partition coefficient (Wildman–Crippen LogP) is 1.86. The number of nitrogens with zero attached hydrogens (tertiary/aromatic N) is 2. The number of hydrogen-bond donors (Lipinski definition) is 0. The van der Waals surface area contributed by atoms with Crippen LogP contribution in [0.2, 0.25) is 0 Å². The van der Waals surface area contributed by atoms with E-state index in [0.29, 0.717) is 5.82 Å². The van der Waals surface area contributed by atoms with Crippen LogP contribution < -0.4 is 0 Å². The molecule has 0 aliphatic heterocycles. The van der Waals surface area contributed by atoms with Gasteiger partial charge in [0.15, 0.2) is 0 Å². The van der Waals surface area contributed by atoms with Crippen LogP contribution in [0.5, 0.6) is 0 Å². The van der Waals surface area contributed by atoms with Crippen LogP contribution in [0, 0.1) is 5.82 Å². The van der Waals surface area contributed by atoms with Crippen molar-refractivity contribution in [1.82, 2.24) is 9.55 Å². The maximum atomic E-state index is 12.7. The number of rotatable bonds is 2. The highest BCUT2D eigenvalue weighted by Gasteiger charge is 2.01. The van der Waals surface area contributed by atoms with Crippen LogP contribution in [0.3, 0.4) is 0 Å². The third-order valence-electron chi connectivity index (χ3n) is 1.96. The van der Waals surface area contributed by atoms with Crippen molar-refractivity contribution in [3.63, 3.8) is 0 Å². The lowest BCUT2D eigenvalue weighted by atomic mass is 10.3. The first-order chi connectivity index (χ1) is 7.31. The summed E-state index contributed by atoms with van der Waals surface area (Å²) in [7, 11) is 0. The molecule has 1 aromatic heterocycles. The lowest BCUT2D eigenvalue weighted by Gasteiger charge is -2.03. The molecule has 0 aliphatic carbocycles. The topological polar surface area (TPSA) is 34.9 Å². The Morgan fingerprint density at radius 2 is 2.07 bits per heavy atom. The number of benzene rings is 1. The van der Waals surface area contributed by atoms with Gasteiger partial charge in [-0.2, -0.15) is 0 Å². The fourth-order valence-electron chi connectivity index (χ4n) is 1.29. The molecule has 0 spiro atoms. The molecule has 3 nitrogen and oxygen atoms in total. The van der Waals surface area contributed by atoms with E-state index in [9.17, 15) is 9.18 Å². The normalized spacial score (nSPS) is 9.67. The van der Waals surface area contributed by atoms with Gasteiger partial charge in [-0.1, -0.05) is 0 Å². The van der Waals surface area contributed by atoms with Gasteiger partial charge in [0.1, 0.15) is 17.6 Å². The Hall–Kier alpha value is -2.19. The van der Waals surface area contributed by atoms with E-state index in [1.165, 1.54) is 18.2 Å². The van der Waals surface area contributed by atoms with E-state index in [4.69, 9.17) is 0 Å². The fourth-order valence-corrected chi connectivity index (χ4v) is 1.29. The number of imidazole rings is 1. The van der Waals surface area contributed by atoms with Crippen LogP contribution in [0.15, 0.2) is 36.7 Å². The van der Waals surface area contributed by atoms with Crippen LogP contribution in [-0.2, 0) is 4.79 Å². The molecule has 0 bridgehead atoms. The maximum absolute atomic E-state index is 12.7. The molecule has 0 radical (unpaired) electrons. The van der Waals surface area contributed by atoms with Gasteiger partial charge in [-0.05, 0) is 24.3 Å². The highest BCUT2D eigenvalue weighted by molar-refractivity contribution is 5.72. The minimum absolute atomic E-state index is 0.300. The highest BCUT2D eigenvalue weighted by Crippen LogP contribution is 2.11. The monoisotopic (exact) mass is 202 g/mol. The third-order valence-corrected chi connectivity index (χ3v) is 1.96. The molecule has 4 heteroatoms. The largest absolute Gasteiger partial charge is 0.300 e. The predicted molar refractivity (Wildman–Crippen MR) is 53.7 cm³/mol. The molecular formula is C11H7FN2O. The summed E-state index contributed by atoms with van der Waals surface area (Å²) in [5, 5.41) is 0. The molecule has 0 saturated heterocycles. The molecule has 1 aromatic carbocycles. The number of aromatic nitrogens is 2. The quantitative estimate of drug-likeness (QED) is 0.696. The van der Waals surface area contributed by atoms with Crippen molar-refractivity contribution in [2.24, 2.45) is 0 Å². The summed E-state index contributed by atoms with van der Waals surface area (Å²) < 4.78 is 14.4. The van der Waals surface area contributed by atoms with Crippen LogP contribution in [-0.4, -0.2) is 15.5 Å². The van der Waals surface area contributed by atoms with Crippen LogP contribution >= 0.6 is 0 Å². The highest BCUT2D eigenvalue weighted by atomic mass is 19.1. The second kappa shape index (κ2) is 3.90. The van der Waals surface area contributed by atoms with E-state index < -0.39 is 0 Å². The van der Waals surface area contributed by atoms with Crippen molar-refractivity contribution in [2.75, 3.05) is 0 Å². The zero-order chi connectivity index (χ0) is 10.7. The lowest BCUT2D eigenvalue weighted by Crippen LogP contribution is -1.95. The van der Waals surface area contributed by atoms with Crippen molar-refractivity contribution < 1.29 is 9.18 Å². The zero-order valence-electron chi connectivity index (χ0n) is 7.72. The standard InChI is InChI=1S/C11H7FN2O/c12-9-1-3-10(4-2-9)14-7-6-13-11(14)5-8-15/h1-7H. The number of hydrogen-bond acceptors (Lipinski definition) is 2. The molecule has 1 heterocycles. The van der Waals surface area contributed by atoms with E-state index in [1.54, 1.807) is 35.0 Å². The molecular weight excluding hydrogens is 195 g/mol. The summed E-state index contributed by atoms with van der Waals surface area (Å²) in [6, 6.07) is 5.92. The summed E-state index contributed by atoms with van der Waals surface area (Å²) in [4.78, 5) is 14.2. The third kappa shape index (κ3) is 1.85. The molecule has 0 fully saturated rings. The SMILES string of the molecule is O=C=Cc1nccn1-c1ccc(F)cc1. The van der Waals surface area contributed by atoms with Gasteiger partial charge in [0, 0.05) is 18.1 Å². The Labute approximate surface area is 85.5 Å². The van der Waals surface area contributed by atoms with E-state index in [-0.39, 0.29) is 5.82 Å². The summed E-state index contributed by atoms with van der Waals surface area (Å²) >= 11 is 0. The molecule has 0 amide bonds. The molecule has 2 rings (SSSR count). The Balaban J connectivity index is 2.49. The van der Waals surface area contributed by atoms with Crippen LogP contribution in [0.25, 0.3) is 11.8 Å². The average Bonchev–Trinajstić information content (AvgIpc) is 2.68. The van der Waals surface area contributed by atoms with Crippen molar-refractivity contribution in [3.8, 4) is 5.69 Å². The molecule has 15 heavy (non-hydrogen) atoms. The Morgan fingerprint density at radius 3 is 2.73 bits per heavy atom. The van der Waals surface area contributed by atoms with E-state index in [2.05, 4.69) is 4.98 Å². The van der Waals surface area contributed by atoms with Crippen molar-refractivity contribution in [3.05, 3.63) is 48.3 Å². The van der Waals surface area contributed by atoms with Gasteiger partial charge in [0.25, 0.3) is 0 Å². The first-order valence-corrected chi connectivity index (χ1v) is 4.31. The number of halogens is 1. The summed E-state index contributed by atoms with van der Waals surface area (Å²) in [5.74, 6) is 1.83. The van der Waals surface area contributed by atoms with Crippen molar-refractivity contribution in [1.29, 1.82) is 0 Å². The van der Waals surface area contributed by atoms with Crippen molar-refractivity contribution in [2.45, 2.75) is 0 Å². The summed E-state index contributed by atoms with van der Waals surface area (Å²) in [6.45, 7) is 0. The summed E-state index contributed by atoms with van der Waals surface area (Å²) in [6.07, 6.45) is 4.48. The second-order valence-corrected chi connectivity index (χ2v) is 2.89. The first kappa shape index (κ1) is 9.37. The van der Waals surface area contributed by atoms with Crippen LogP contribution in [0.1, 0.15) is 5.82 Å². The smallest absolute Gasteiger partial charge is 0.148 e. The summed E-state index contributed by atoms with van der Waals surface area (Å²) in [5.41, 5.74) is 0.746. The maximum Gasteiger partial charge on any atom is 0.148 e. The van der Waals surface area contributed by atoms with Gasteiger partial charge in [0.2, 0.25) is 0 Å². The Morgan fingerprint density at radius 1 is 1.33 bits per heavy atom. The second-order valence-electron chi connectivity index (χ2n) is 2.89. The van der Waals surface area contributed by atoms with Gasteiger partial charge in [-0.25, -0.2) is 14.2 Å². The lowest BCUT2D eigenvalue weighted by molar-refractivity contribution is 0.570. The molecule has 0 aliphatic rings. The van der Waals surface area contributed by atoms with Crippen molar-refractivity contribution >= 4 is 12.0 Å².